The molecule has 4 amide bonds. The molecule has 50 heavy (non-hydrogen) atoms. The third-order valence-electron chi connectivity index (χ3n) is 10.6. The topological polar surface area (TPSA) is 146 Å². The normalized spacial score (nSPS) is 24.0. The summed E-state index contributed by atoms with van der Waals surface area (Å²) < 4.78 is 0. The zero-order valence-electron chi connectivity index (χ0n) is 29.9. The van der Waals surface area contributed by atoms with Crippen molar-refractivity contribution in [2.24, 2.45) is 11.3 Å². The Kier molecular flexibility index (Phi) is 12.3. The third-order valence-corrected chi connectivity index (χ3v) is 10.8. The fourth-order valence-electron chi connectivity index (χ4n) is 7.82. The number of likely N-dealkylation sites (tertiary alicyclic amines) is 1. The van der Waals surface area contributed by atoms with Crippen LogP contribution in [0.2, 0.25) is 5.02 Å². The van der Waals surface area contributed by atoms with E-state index in [4.69, 9.17) is 16.4 Å². The number of amides is 4. The lowest BCUT2D eigenvalue weighted by Gasteiger charge is -2.36. The molecule has 0 radical (unpaired) electrons. The molecule has 0 unspecified atom stereocenters. The first-order valence-electron chi connectivity index (χ1n) is 18.5. The maximum atomic E-state index is 14.6. The van der Waals surface area contributed by atoms with Crippen LogP contribution in [0.3, 0.4) is 0 Å². The summed E-state index contributed by atoms with van der Waals surface area (Å²) in [6, 6.07) is 4.22. The van der Waals surface area contributed by atoms with Crippen molar-refractivity contribution in [3.05, 3.63) is 40.9 Å². The maximum absolute atomic E-state index is 14.6. The van der Waals surface area contributed by atoms with Crippen molar-refractivity contribution in [1.29, 1.82) is 0 Å². The monoisotopic (exact) mass is 711 g/mol. The average molecular weight is 712 g/mol. The predicted molar refractivity (Wildman–Crippen MR) is 191 cm³/mol. The standard InChI is InChI=1S/C38H54ClN5O6/c1-5-12-28(32(46)35(48)40-27-17-9-10-18-27)41-34(47)30-22-38(21-29(43-50-38)25-15-11-16-26(39)20-25)23-44(30)36(49)33(37(2,3)4)42-31(45)19-24-13-7-6-8-14-24/h11,15-16,20-21,24,27-28,30,33,43H,5-10,12-14,17-19,22-23H2,1-4H3,(H,40,48)(H,41,47)(H,42,45)/t28-,30-,33+,38+/m0/s1. The van der Waals surface area contributed by atoms with E-state index >= 15 is 0 Å². The molecule has 5 rings (SSSR count). The van der Waals surface area contributed by atoms with Crippen LogP contribution < -0.4 is 21.4 Å². The van der Waals surface area contributed by atoms with Gasteiger partial charge >= 0.3 is 0 Å². The van der Waals surface area contributed by atoms with Crippen molar-refractivity contribution < 1.29 is 28.8 Å². The molecule has 2 aliphatic heterocycles. The van der Waals surface area contributed by atoms with Crippen LogP contribution in [0.1, 0.15) is 117 Å². The number of halogens is 1. The van der Waals surface area contributed by atoms with E-state index in [0.717, 1.165) is 56.9 Å². The molecule has 0 aromatic heterocycles. The molecule has 1 spiro atoms. The maximum Gasteiger partial charge on any atom is 0.289 e. The van der Waals surface area contributed by atoms with E-state index in [1.807, 2.05) is 45.9 Å². The Morgan fingerprint density at radius 3 is 2.38 bits per heavy atom. The lowest BCUT2D eigenvalue weighted by molar-refractivity contribution is -0.145. The van der Waals surface area contributed by atoms with Gasteiger partial charge in [0.2, 0.25) is 23.5 Å². The molecule has 2 saturated carbocycles. The first-order valence-corrected chi connectivity index (χ1v) is 18.8. The molecule has 4 atom stereocenters. The van der Waals surface area contributed by atoms with Crippen LogP contribution >= 0.6 is 11.6 Å². The van der Waals surface area contributed by atoms with Crippen LogP contribution in [-0.4, -0.2) is 70.6 Å². The average Bonchev–Trinajstić information content (AvgIpc) is 3.83. The van der Waals surface area contributed by atoms with E-state index in [1.165, 1.54) is 11.3 Å². The number of carbonyl (C=O) groups is 5. The van der Waals surface area contributed by atoms with Gasteiger partial charge in [-0.05, 0) is 61.6 Å². The summed E-state index contributed by atoms with van der Waals surface area (Å²) >= 11 is 6.26. The van der Waals surface area contributed by atoms with E-state index in [-0.39, 0.29) is 31.3 Å². The summed E-state index contributed by atoms with van der Waals surface area (Å²) in [6.45, 7) is 7.58. The zero-order valence-corrected chi connectivity index (χ0v) is 30.7. The number of benzene rings is 1. The Hall–Kier alpha value is -3.44. The van der Waals surface area contributed by atoms with Crippen LogP contribution in [0.15, 0.2) is 30.3 Å². The highest BCUT2D eigenvalue weighted by molar-refractivity contribution is 6.38. The van der Waals surface area contributed by atoms with Crippen LogP contribution in [0, 0.1) is 11.3 Å². The van der Waals surface area contributed by atoms with Gasteiger partial charge in [0.1, 0.15) is 17.7 Å². The van der Waals surface area contributed by atoms with Crippen molar-refractivity contribution in [2.75, 3.05) is 6.54 Å². The Bertz CT molecular complexity index is 1460. The quantitative estimate of drug-likeness (QED) is 0.224. The molecule has 4 aliphatic rings. The summed E-state index contributed by atoms with van der Waals surface area (Å²) in [6.07, 6.45) is 12.2. The summed E-state index contributed by atoms with van der Waals surface area (Å²) in [5, 5.41) is 9.26. The predicted octanol–water partition coefficient (Wildman–Crippen LogP) is 4.97. The van der Waals surface area contributed by atoms with E-state index in [9.17, 15) is 24.0 Å². The number of Topliss-reactive ketones (excluding diaryl/α,β-unsaturated/α-hetero) is 1. The molecule has 1 saturated heterocycles. The van der Waals surface area contributed by atoms with Crippen molar-refractivity contribution in [2.45, 2.75) is 141 Å². The largest absolute Gasteiger partial charge is 0.347 e. The smallest absolute Gasteiger partial charge is 0.289 e. The Morgan fingerprint density at radius 2 is 1.72 bits per heavy atom. The molecule has 1 aromatic rings. The van der Waals surface area contributed by atoms with E-state index in [2.05, 4.69) is 21.4 Å². The van der Waals surface area contributed by atoms with Gasteiger partial charge in [-0.15, -0.1) is 0 Å². The number of hydrogen-bond donors (Lipinski definition) is 4. The number of nitrogens with zero attached hydrogens (tertiary/aromatic N) is 1. The molecule has 11 nitrogen and oxygen atoms in total. The lowest BCUT2D eigenvalue weighted by Crippen LogP contribution is -2.59. The summed E-state index contributed by atoms with van der Waals surface area (Å²) in [5.41, 5.74) is 2.65. The first kappa shape index (κ1) is 37.8. The molecule has 12 heteroatoms. The van der Waals surface area contributed by atoms with E-state index < -0.39 is 52.6 Å². The Morgan fingerprint density at radius 1 is 1.02 bits per heavy atom. The van der Waals surface area contributed by atoms with Crippen molar-refractivity contribution in [3.63, 3.8) is 0 Å². The van der Waals surface area contributed by atoms with Gasteiger partial charge in [-0.3, -0.25) is 34.3 Å². The summed E-state index contributed by atoms with van der Waals surface area (Å²) in [5.74, 6) is -2.23. The zero-order chi connectivity index (χ0) is 36.1. The second-order valence-corrected chi connectivity index (χ2v) is 16.2. The molecule has 3 fully saturated rings. The van der Waals surface area contributed by atoms with Gasteiger partial charge in [0.05, 0.1) is 18.3 Å². The molecule has 2 heterocycles. The number of rotatable bonds is 12. The van der Waals surface area contributed by atoms with Crippen LogP contribution in [0.5, 0.6) is 0 Å². The van der Waals surface area contributed by atoms with Crippen molar-refractivity contribution in [3.8, 4) is 0 Å². The van der Waals surface area contributed by atoms with Crippen LogP contribution in [0.4, 0.5) is 0 Å². The van der Waals surface area contributed by atoms with Gasteiger partial charge < -0.3 is 20.9 Å². The van der Waals surface area contributed by atoms with Crippen molar-refractivity contribution >= 4 is 46.7 Å². The minimum Gasteiger partial charge on any atom is -0.347 e. The molecule has 1 aromatic carbocycles. The van der Waals surface area contributed by atoms with Crippen LogP contribution in [-0.2, 0) is 28.8 Å². The number of ketones is 1. The highest BCUT2D eigenvalue weighted by atomic mass is 35.5. The molecule has 4 N–H and O–H groups in total. The highest BCUT2D eigenvalue weighted by Gasteiger charge is 2.54. The number of hydrogen-bond acceptors (Lipinski definition) is 7. The van der Waals surface area contributed by atoms with Crippen LogP contribution in [0.25, 0.3) is 5.70 Å². The minimum atomic E-state index is -1.08. The third kappa shape index (κ3) is 9.26. The second-order valence-electron chi connectivity index (χ2n) is 15.8. The molecule has 2 aliphatic carbocycles. The number of nitrogens with one attached hydrogen (secondary N) is 4. The Labute approximate surface area is 301 Å². The summed E-state index contributed by atoms with van der Waals surface area (Å²) in [7, 11) is 0. The first-order chi connectivity index (χ1) is 23.8. The second kappa shape index (κ2) is 16.3. The highest BCUT2D eigenvalue weighted by Crippen LogP contribution is 2.39. The fraction of sp³-hybridized carbons (Fsp3) is 0.658. The van der Waals surface area contributed by atoms with Crippen molar-refractivity contribution in [1.82, 2.24) is 26.3 Å². The van der Waals surface area contributed by atoms with Gasteiger partial charge in [-0.1, -0.05) is 90.0 Å². The van der Waals surface area contributed by atoms with Gasteiger partial charge in [0.25, 0.3) is 5.91 Å². The van der Waals surface area contributed by atoms with Gasteiger partial charge in [-0.25, -0.2) is 0 Å². The molecule has 274 valence electrons. The van der Waals surface area contributed by atoms with E-state index in [1.54, 1.807) is 12.1 Å². The fourth-order valence-corrected chi connectivity index (χ4v) is 8.01. The number of carbonyl (C=O) groups excluding carboxylic acids is 5. The molecule has 0 bridgehead atoms. The summed E-state index contributed by atoms with van der Waals surface area (Å²) in [4.78, 5) is 76.2. The van der Waals surface area contributed by atoms with E-state index in [0.29, 0.717) is 29.5 Å². The molecular weight excluding hydrogens is 658 g/mol. The Balaban J connectivity index is 1.40. The SMILES string of the molecule is CCC[C@H](NC(=O)[C@@H]1C[C@]2(C=C(c3cccc(Cl)c3)NO2)CN1C(=O)[C@@H](NC(=O)CC1CCCCC1)C(C)(C)C)C(=O)C(=O)NC1CCCC1. The molecular formula is C38H54ClN5O6. The number of hydroxylamine groups is 1. The lowest BCUT2D eigenvalue weighted by atomic mass is 9.84. The van der Waals surface area contributed by atoms with Gasteiger partial charge in [-0.2, -0.15) is 0 Å². The van der Waals surface area contributed by atoms with Gasteiger partial charge in [0.15, 0.2) is 0 Å². The minimum absolute atomic E-state index is 0.0284. The van der Waals surface area contributed by atoms with Gasteiger partial charge in [0, 0.05) is 29.5 Å².